The summed E-state index contributed by atoms with van der Waals surface area (Å²) < 4.78 is 55.4. The number of carbonyl (C=O) groups is 2. The fourth-order valence-electron chi connectivity index (χ4n) is 9.70. The van der Waals surface area contributed by atoms with Gasteiger partial charge in [0, 0.05) is 14.1 Å². The molecular weight excluding hydrogens is 828 g/mol. The van der Waals surface area contributed by atoms with Crippen LogP contribution in [0.15, 0.2) is 97.1 Å². The van der Waals surface area contributed by atoms with Crippen molar-refractivity contribution in [3.63, 3.8) is 0 Å². The zero-order chi connectivity index (χ0) is 43.5. The van der Waals surface area contributed by atoms with E-state index in [-0.39, 0.29) is 49.6 Å². The molecule has 9 rings (SSSR count). The third-order valence-corrected chi connectivity index (χ3v) is 16.8. The van der Waals surface area contributed by atoms with Crippen LogP contribution < -0.4 is 9.46 Å². The molecule has 2 N–H and O–H groups in total. The fourth-order valence-corrected chi connectivity index (χ4v) is 12.1. The van der Waals surface area contributed by atoms with E-state index >= 15 is 4.79 Å². The van der Waals surface area contributed by atoms with Gasteiger partial charge < -0.3 is 0 Å². The number of hydrogen-bond acceptors (Lipinski definition) is 9. The van der Waals surface area contributed by atoms with E-state index < -0.39 is 35.1 Å². The van der Waals surface area contributed by atoms with Crippen LogP contribution in [0.3, 0.4) is 0 Å². The molecule has 62 heavy (non-hydrogen) atoms. The summed E-state index contributed by atoms with van der Waals surface area (Å²) in [4.78, 5) is 42.7. The molecule has 2 atom stereocenters. The van der Waals surface area contributed by atoms with Gasteiger partial charge in [0.25, 0.3) is 0 Å². The van der Waals surface area contributed by atoms with E-state index in [1.165, 1.54) is 32.7 Å². The zero-order valence-corrected chi connectivity index (χ0v) is 37.4. The van der Waals surface area contributed by atoms with Crippen molar-refractivity contribution >= 4 is 40.4 Å². The number of methoxy groups -OCH3 is 1. The van der Waals surface area contributed by atoms with Crippen LogP contribution in [0, 0.1) is 5.41 Å². The first-order chi connectivity index (χ1) is 29.7. The van der Waals surface area contributed by atoms with Crippen LogP contribution in [0.4, 0.5) is 0 Å². The molecule has 1 saturated heterocycles. The average molecular weight is 883 g/mol. The second-order valence-corrected chi connectivity index (χ2v) is 22.7. The van der Waals surface area contributed by atoms with Gasteiger partial charge in [-0.05, 0) is 0 Å². The Labute approximate surface area is 363 Å². The number of ether oxygens (including phenoxy) is 1. The molecule has 2 saturated carbocycles. The summed E-state index contributed by atoms with van der Waals surface area (Å²) in [6, 6.07) is 30.6. The topological polar surface area (TPSA) is 149 Å². The predicted octanol–water partition coefficient (Wildman–Crippen LogP) is 7.88. The Morgan fingerprint density at radius 2 is 1.53 bits per heavy atom. The molecular formula is C47H55N4O9PS. The molecule has 3 heterocycles. The summed E-state index contributed by atoms with van der Waals surface area (Å²) in [5, 5.41) is 1.00. The van der Waals surface area contributed by atoms with Crippen molar-refractivity contribution in [2.75, 3.05) is 41.0 Å². The Morgan fingerprint density at radius 3 is 2.15 bits per heavy atom. The van der Waals surface area contributed by atoms with E-state index in [9.17, 15) is 18.1 Å². The van der Waals surface area contributed by atoms with Gasteiger partial charge in [-0.3, -0.25) is 4.79 Å². The van der Waals surface area contributed by atoms with E-state index in [1.807, 2.05) is 72.8 Å². The third-order valence-electron chi connectivity index (χ3n) is 13.2. The molecule has 2 amide bonds. The van der Waals surface area contributed by atoms with Gasteiger partial charge in [0.1, 0.15) is 0 Å². The molecule has 0 radical (unpaired) electrons. The Bertz CT molecular complexity index is 2580. The van der Waals surface area contributed by atoms with Crippen molar-refractivity contribution in [1.29, 1.82) is 0 Å². The molecule has 0 spiro atoms. The van der Waals surface area contributed by atoms with Gasteiger partial charge in [-0.1, -0.05) is 19.3 Å². The minimum atomic E-state index is -4.69. The number of carbonyl (C=O) groups excluding carboxylic acids is 2. The minimum absolute atomic E-state index is 0.0132. The number of likely N-dealkylation sites (tertiary alicyclic amines) is 1. The summed E-state index contributed by atoms with van der Waals surface area (Å²) in [6.07, 6.45) is 5.54. The van der Waals surface area contributed by atoms with Crippen molar-refractivity contribution < 1.29 is 41.2 Å². The van der Waals surface area contributed by atoms with Crippen LogP contribution in [0.5, 0.6) is 5.75 Å². The normalized spacial score (nSPS) is 20.9. The molecule has 5 aromatic rings. The molecule has 13 nitrogen and oxygen atoms in total. The van der Waals surface area contributed by atoms with Crippen LogP contribution in [0.25, 0.3) is 22.2 Å². The maximum absolute atomic E-state index is 15.1. The van der Waals surface area contributed by atoms with Crippen LogP contribution in [0.1, 0.15) is 83.0 Å². The third kappa shape index (κ3) is 8.07. The molecule has 1 aromatic heterocycles. The van der Waals surface area contributed by atoms with E-state index in [0.717, 1.165) is 68.8 Å². The molecule has 2 aliphatic heterocycles. The Kier molecular flexibility index (Phi) is 11.1. The van der Waals surface area contributed by atoms with Crippen molar-refractivity contribution in [1.82, 2.24) is 18.5 Å². The zero-order valence-electron chi connectivity index (χ0n) is 35.7. The van der Waals surface area contributed by atoms with Crippen LogP contribution in [0.2, 0.25) is 0 Å². The summed E-state index contributed by atoms with van der Waals surface area (Å²) >= 11 is 0. The number of nitrogens with one attached hydrogen (secondary N) is 1. The Balaban J connectivity index is 1.05. The van der Waals surface area contributed by atoms with Crippen LogP contribution >= 0.6 is 7.51 Å². The molecule has 3 fully saturated rings. The molecule has 4 aromatic carbocycles. The number of amides is 2. The number of fused-ring (bicyclic) bond motifs is 7. The van der Waals surface area contributed by atoms with Crippen molar-refractivity contribution in [3.8, 4) is 17.0 Å². The first kappa shape index (κ1) is 42.6. The molecule has 2 unspecified atom stereocenters. The van der Waals surface area contributed by atoms with Crippen molar-refractivity contribution in [2.24, 2.45) is 5.41 Å². The second kappa shape index (κ2) is 16.2. The summed E-state index contributed by atoms with van der Waals surface area (Å²) in [5.74, 6) is 0.145. The Hall–Kier alpha value is -4.66. The number of hydrogen-bond donors (Lipinski definition) is 2. The average Bonchev–Trinajstić information content (AvgIpc) is 3.93. The molecule has 15 heteroatoms. The standard InChI is InChI=1S/C47H55N4O9PS/c1-49(2)62(55,56)48-45(52)35-20-22-39-42(24-35)51-31-47(26-41(47)40-25-36(57-3)21-23-38(40)44(51)43(39)34-18-12-7-13-19-34)46(53)50-27-37(28-50)60-61(4,54,58-29-32-14-8-5-9-15-32)59-30-33-16-10-6-11-17-33/h5-6,8-11,14-17,20-25,34,37,41,54H,7,12-13,18-19,26-31H2,1-4H3,(H,48,52). The number of benzene rings is 4. The Morgan fingerprint density at radius 1 is 0.887 bits per heavy atom. The van der Waals surface area contributed by atoms with Gasteiger partial charge >= 0.3 is 309 Å². The summed E-state index contributed by atoms with van der Waals surface area (Å²) in [7, 11) is -4.34. The molecule has 328 valence electrons. The number of rotatable bonds is 14. The predicted molar refractivity (Wildman–Crippen MR) is 239 cm³/mol. The quantitative estimate of drug-likeness (QED) is 0.106. The number of aromatic nitrogens is 1. The SMILES string of the molecule is COc1ccc2c(c1)C1CC1(C(=O)N1CC(OP(C)(O)(OCc3ccccc3)OCc3ccccc3)C1)Cn1c-2c(C2CCCCC2)c2ccc(C(=O)NS(=O)(=O)N(C)C)cc21. The summed E-state index contributed by atoms with van der Waals surface area (Å²) in [5.41, 5.74) is 6.24. The van der Waals surface area contributed by atoms with E-state index in [1.54, 1.807) is 24.1 Å². The maximum atomic E-state index is 15.1. The molecule has 2 aliphatic carbocycles. The number of nitrogens with zero attached hydrogens (tertiary/aromatic N) is 3. The van der Waals surface area contributed by atoms with E-state index in [2.05, 4.69) is 21.4 Å². The first-order valence-electron chi connectivity index (χ1n) is 21.4. The van der Waals surface area contributed by atoms with Gasteiger partial charge in [-0.25, -0.2) is 4.72 Å². The molecule has 0 bridgehead atoms. The van der Waals surface area contributed by atoms with Crippen molar-refractivity contribution in [3.05, 3.63) is 125 Å². The fraction of sp³-hybridized carbons (Fsp3) is 0.404. The van der Waals surface area contributed by atoms with Crippen LogP contribution in [-0.4, -0.2) is 86.0 Å². The monoisotopic (exact) mass is 882 g/mol. The van der Waals surface area contributed by atoms with Gasteiger partial charge in [0.05, 0.1) is 0 Å². The summed E-state index contributed by atoms with van der Waals surface area (Å²) in [6.45, 7) is 2.50. The van der Waals surface area contributed by atoms with Crippen molar-refractivity contribution in [2.45, 2.75) is 76.2 Å². The second-order valence-electron chi connectivity index (χ2n) is 17.7. The molecule has 4 aliphatic rings. The van der Waals surface area contributed by atoms with Crippen LogP contribution in [-0.2, 0) is 48.3 Å². The van der Waals surface area contributed by atoms with Gasteiger partial charge in [-0.15, -0.1) is 0 Å². The van der Waals surface area contributed by atoms with E-state index in [0.29, 0.717) is 18.7 Å². The van der Waals surface area contributed by atoms with E-state index in [4.69, 9.17) is 18.3 Å². The van der Waals surface area contributed by atoms with Gasteiger partial charge in [0.15, 0.2) is 0 Å². The van der Waals surface area contributed by atoms with Gasteiger partial charge in [-0.2, -0.15) is 12.7 Å². The van der Waals surface area contributed by atoms with Gasteiger partial charge in [0.2, 0.25) is 0 Å². The first-order valence-corrected chi connectivity index (χ1v) is 25.2.